The number of hydrogen-bond acceptors (Lipinski definition) is 2. The molecule has 0 fully saturated rings. The maximum atomic E-state index is 5.31. The third-order valence-corrected chi connectivity index (χ3v) is 1.15. The predicted octanol–water partition coefficient (Wildman–Crippen LogP) is 0.346. The van der Waals surface area contributed by atoms with Gasteiger partial charge in [-0.3, -0.25) is 4.99 Å². The van der Waals surface area contributed by atoms with E-state index < -0.39 is 0 Å². The molecule has 0 saturated heterocycles. The van der Waals surface area contributed by atoms with E-state index in [1.165, 1.54) is 5.57 Å². The van der Waals surface area contributed by atoms with Gasteiger partial charge in [0.15, 0.2) is 0 Å². The molecule has 0 spiro atoms. The SMILES string of the molecule is NCCC1=CCN=C1. The van der Waals surface area contributed by atoms with Crippen LogP contribution in [0.1, 0.15) is 6.42 Å². The summed E-state index contributed by atoms with van der Waals surface area (Å²) in [7, 11) is 0. The molecule has 0 aromatic rings. The molecule has 0 unspecified atom stereocenters. The Labute approximate surface area is 49.1 Å². The third-order valence-electron chi connectivity index (χ3n) is 1.15. The van der Waals surface area contributed by atoms with Crippen molar-refractivity contribution >= 4 is 6.21 Å². The Morgan fingerprint density at radius 1 is 1.75 bits per heavy atom. The van der Waals surface area contributed by atoms with Gasteiger partial charge in [0, 0.05) is 6.21 Å². The van der Waals surface area contributed by atoms with Crippen LogP contribution in [0, 0.1) is 0 Å². The topological polar surface area (TPSA) is 38.4 Å². The summed E-state index contributed by atoms with van der Waals surface area (Å²) >= 11 is 0. The summed E-state index contributed by atoms with van der Waals surface area (Å²) in [6.45, 7) is 1.59. The molecule has 1 heterocycles. The normalized spacial score (nSPS) is 16.9. The Bertz CT molecular complexity index is 124. The molecule has 8 heavy (non-hydrogen) atoms. The van der Waals surface area contributed by atoms with E-state index in [-0.39, 0.29) is 0 Å². The van der Waals surface area contributed by atoms with Gasteiger partial charge < -0.3 is 5.73 Å². The van der Waals surface area contributed by atoms with Crippen LogP contribution in [0.5, 0.6) is 0 Å². The van der Waals surface area contributed by atoms with Crippen LogP contribution in [0.4, 0.5) is 0 Å². The van der Waals surface area contributed by atoms with E-state index in [1.807, 2.05) is 6.21 Å². The van der Waals surface area contributed by atoms with Crippen molar-refractivity contribution in [2.75, 3.05) is 13.1 Å². The first-order valence-electron chi connectivity index (χ1n) is 2.82. The first-order valence-corrected chi connectivity index (χ1v) is 2.82. The average Bonchev–Trinajstić information content (AvgIpc) is 2.19. The second-order valence-corrected chi connectivity index (χ2v) is 1.81. The Hall–Kier alpha value is -0.630. The van der Waals surface area contributed by atoms with E-state index in [9.17, 15) is 0 Å². The number of hydrogen-bond donors (Lipinski definition) is 1. The van der Waals surface area contributed by atoms with Crippen LogP contribution in [0.25, 0.3) is 0 Å². The Balaban J connectivity index is 2.34. The highest BCUT2D eigenvalue weighted by Crippen LogP contribution is 2.01. The molecule has 0 aromatic heterocycles. The number of nitrogens with two attached hydrogens (primary N) is 1. The van der Waals surface area contributed by atoms with E-state index in [0.717, 1.165) is 19.5 Å². The lowest BCUT2D eigenvalue weighted by molar-refractivity contribution is 0.989. The number of aliphatic imine (C=N–C) groups is 1. The fourth-order valence-corrected chi connectivity index (χ4v) is 0.726. The highest BCUT2D eigenvalue weighted by molar-refractivity contribution is 5.80. The van der Waals surface area contributed by atoms with Crippen LogP contribution in [0.3, 0.4) is 0 Å². The van der Waals surface area contributed by atoms with Crippen LogP contribution < -0.4 is 5.73 Å². The van der Waals surface area contributed by atoms with E-state index in [4.69, 9.17) is 5.73 Å². The van der Waals surface area contributed by atoms with Gasteiger partial charge in [-0.25, -0.2) is 0 Å². The summed E-state index contributed by atoms with van der Waals surface area (Å²) in [5, 5.41) is 0. The zero-order chi connectivity index (χ0) is 5.82. The summed E-state index contributed by atoms with van der Waals surface area (Å²) in [4.78, 5) is 4.01. The molecule has 2 N–H and O–H groups in total. The zero-order valence-corrected chi connectivity index (χ0v) is 4.80. The van der Waals surface area contributed by atoms with Gasteiger partial charge in [0.1, 0.15) is 0 Å². The molecule has 1 aliphatic heterocycles. The van der Waals surface area contributed by atoms with Crippen molar-refractivity contribution in [3.63, 3.8) is 0 Å². The fraction of sp³-hybridized carbons (Fsp3) is 0.500. The average molecular weight is 110 g/mol. The lowest BCUT2D eigenvalue weighted by Crippen LogP contribution is -1.99. The van der Waals surface area contributed by atoms with Gasteiger partial charge in [-0.1, -0.05) is 6.08 Å². The highest BCUT2D eigenvalue weighted by Gasteiger charge is 1.94. The molecule has 2 heteroatoms. The van der Waals surface area contributed by atoms with Gasteiger partial charge in [0.2, 0.25) is 0 Å². The first kappa shape index (κ1) is 5.51. The lowest BCUT2D eigenvalue weighted by atomic mass is 10.2. The number of rotatable bonds is 2. The minimum Gasteiger partial charge on any atom is -0.330 e. The van der Waals surface area contributed by atoms with Crippen LogP contribution in [-0.4, -0.2) is 19.3 Å². The van der Waals surface area contributed by atoms with Crippen LogP contribution in [0.15, 0.2) is 16.6 Å². The van der Waals surface area contributed by atoms with Gasteiger partial charge >= 0.3 is 0 Å². The maximum Gasteiger partial charge on any atom is 0.0576 e. The molecule has 0 amide bonds. The Morgan fingerprint density at radius 3 is 3.12 bits per heavy atom. The zero-order valence-electron chi connectivity index (χ0n) is 4.80. The van der Waals surface area contributed by atoms with Crippen LogP contribution in [-0.2, 0) is 0 Å². The maximum absolute atomic E-state index is 5.31. The van der Waals surface area contributed by atoms with Crippen LogP contribution >= 0.6 is 0 Å². The van der Waals surface area contributed by atoms with E-state index in [1.54, 1.807) is 0 Å². The molecule has 1 aliphatic rings. The molecule has 44 valence electrons. The van der Waals surface area contributed by atoms with Gasteiger partial charge in [0.25, 0.3) is 0 Å². The van der Waals surface area contributed by atoms with Gasteiger partial charge in [0.05, 0.1) is 6.54 Å². The smallest absolute Gasteiger partial charge is 0.0576 e. The summed E-state index contributed by atoms with van der Waals surface area (Å²) in [5.41, 5.74) is 6.59. The molecule has 0 atom stereocenters. The second-order valence-electron chi connectivity index (χ2n) is 1.81. The predicted molar refractivity (Wildman–Crippen MR) is 35.1 cm³/mol. The van der Waals surface area contributed by atoms with Crippen molar-refractivity contribution in [1.82, 2.24) is 0 Å². The van der Waals surface area contributed by atoms with Crippen molar-refractivity contribution in [2.45, 2.75) is 6.42 Å². The fourth-order valence-electron chi connectivity index (χ4n) is 0.726. The molecule has 0 aliphatic carbocycles. The molecule has 1 rings (SSSR count). The summed E-state index contributed by atoms with van der Waals surface area (Å²) in [5.74, 6) is 0. The van der Waals surface area contributed by atoms with Crippen molar-refractivity contribution in [3.8, 4) is 0 Å². The number of nitrogens with zero attached hydrogens (tertiary/aromatic N) is 1. The van der Waals surface area contributed by atoms with E-state index in [2.05, 4.69) is 11.1 Å². The molecular weight excluding hydrogens is 100 g/mol. The minimum atomic E-state index is 0.734. The Morgan fingerprint density at radius 2 is 2.62 bits per heavy atom. The highest BCUT2D eigenvalue weighted by atomic mass is 14.7. The van der Waals surface area contributed by atoms with Gasteiger partial charge in [-0.2, -0.15) is 0 Å². The lowest BCUT2D eigenvalue weighted by Gasteiger charge is -1.89. The van der Waals surface area contributed by atoms with Crippen molar-refractivity contribution < 1.29 is 0 Å². The van der Waals surface area contributed by atoms with Gasteiger partial charge in [-0.05, 0) is 18.5 Å². The molecule has 0 aromatic carbocycles. The summed E-state index contributed by atoms with van der Waals surface area (Å²) in [6.07, 6.45) is 4.98. The quantitative estimate of drug-likeness (QED) is 0.547. The minimum absolute atomic E-state index is 0.734. The standard InChI is InChI=1S/C6H10N2/c7-3-1-6-2-4-8-5-6/h2,5H,1,3-4,7H2. The van der Waals surface area contributed by atoms with E-state index >= 15 is 0 Å². The van der Waals surface area contributed by atoms with Gasteiger partial charge in [-0.15, -0.1) is 0 Å². The van der Waals surface area contributed by atoms with Crippen molar-refractivity contribution in [2.24, 2.45) is 10.7 Å². The summed E-state index contributed by atoms with van der Waals surface area (Å²) in [6, 6.07) is 0. The first-order chi connectivity index (χ1) is 3.93. The molecule has 0 radical (unpaired) electrons. The molecule has 2 nitrogen and oxygen atoms in total. The third kappa shape index (κ3) is 1.17. The van der Waals surface area contributed by atoms with Crippen LogP contribution in [0.2, 0.25) is 0 Å². The summed E-state index contributed by atoms with van der Waals surface area (Å²) < 4.78 is 0. The molecular formula is C6H10N2. The van der Waals surface area contributed by atoms with E-state index in [0.29, 0.717) is 0 Å². The Kier molecular flexibility index (Phi) is 1.80. The van der Waals surface area contributed by atoms with Crippen molar-refractivity contribution in [1.29, 1.82) is 0 Å². The second kappa shape index (κ2) is 2.62. The largest absolute Gasteiger partial charge is 0.330 e. The molecule has 0 bridgehead atoms. The monoisotopic (exact) mass is 110 g/mol. The molecule has 0 saturated carbocycles. The van der Waals surface area contributed by atoms with Crippen molar-refractivity contribution in [3.05, 3.63) is 11.6 Å².